The van der Waals surface area contributed by atoms with Gasteiger partial charge in [0, 0.05) is 24.3 Å². The quantitative estimate of drug-likeness (QED) is 0.817. The highest BCUT2D eigenvalue weighted by molar-refractivity contribution is 7.80. The molecule has 0 radical (unpaired) electrons. The van der Waals surface area contributed by atoms with Crippen LogP contribution in [-0.4, -0.2) is 28.8 Å². The Morgan fingerprint density at radius 1 is 1.50 bits per heavy atom. The fourth-order valence-corrected chi connectivity index (χ4v) is 2.26. The van der Waals surface area contributed by atoms with E-state index in [4.69, 9.17) is 29.6 Å². The molecule has 0 atom stereocenters. The van der Waals surface area contributed by atoms with Gasteiger partial charge in [0.2, 0.25) is 0 Å². The summed E-state index contributed by atoms with van der Waals surface area (Å²) < 4.78 is 0. The highest BCUT2D eigenvalue weighted by Crippen LogP contribution is 2.24. The van der Waals surface area contributed by atoms with Gasteiger partial charge < -0.3 is 15.7 Å². The Morgan fingerprint density at radius 2 is 2.11 bits per heavy atom. The number of benzene rings is 1. The number of aliphatic hydroxyl groups is 1. The van der Waals surface area contributed by atoms with E-state index in [1.54, 1.807) is 13.8 Å². The second kappa shape index (κ2) is 5.87. The second-order valence-electron chi connectivity index (χ2n) is 4.86. The van der Waals surface area contributed by atoms with Crippen molar-refractivity contribution in [3.05, 3.63) is 28.8 Å². The molecule has 0 aliphatic heterocycles. The number of anilines is 1. The number of likely N-dealkylation sites (N-methyl/N-ethyl adjacent to an activating group) is 1. The third-order valence-corrected chi connectivity index (χ3v) is 3.08. The monoisotopic (exact) mass is 286 g/mol. The fourth-order valence-electron chi connectivity index (χ4n) is 1.75. The van der Waals surface area contributed by atoms with Crippen LogP contribution in [0.2, 0.25) is 5.02 Å². The summed E-state index contributed by atoms with van der Waals surface area (Å²) in [5.74, 6) is 0. The molecular weight excluding hydrogens is 268 g/mol. The summed E-state index contributed by atoms with van der Waals surface area (Å²) in [6.45, 7) is 6.90. The van der Waals surface area contributed by atoms with Crippen molar-refractivity contribution in [3.8, 4) is 0 Å². The molecule has 5 heteroatoms. The van der Waals surface area contributed by atoms with Crippen molar-refractivity contribution >= 4 is 34.5 Å². The van der Waals surface area contributed by atoms with Crippen LogP contribution in [0.5, 0.6) is 0 Å². The van der Waals surface area contributed by atoms with Gasteiger partial charge in [-0.15, -0.1) is 0 Å². The minimum Gasteiger partial charge on any atom is -0.389 e. The van der Waals surface area contributed by atoms with E-state index in [1.807, 2.05) is 25.1 Å². The third-order valence-electron chi connectivity index (χ3n) is 2.54. The Kier molecular flexibility index (Phi) is 4.96. The summed E-state index contributed by atoms with van der Waals surface area (Å²) in [4.78, 5) is 2.34. The van der Waals surface area contributed by atoms with Crippen molar-refractivity contribution in [1.82, 2.24) is 0 Å². The van der Waals surface area contributed by atoms with Gasteiger partial charge in [-0.05, 0) is 39.0 Å². The predicted octanol–water partition coefficient (Wildman–Crippen LogP) is 2.57. The summed E-state index contributed by atoms with van der Waals surface area (Å²) in [5, 5.41) is 10.4. The van der Waals surface area contributed by atoms with E-state index < -0.39 is 5.60 Å². The highest BCUT2D eigenvalue weighted by atomic mass is 35.5. The molecule has 0 bridgehead atoms. The minimum atomic E-state index is -0.760. The largest absolute Gasteiger partial charge is 0.389 e. The average molecular weight is 287 g/mol. The predicted molar refractivity (Wildman–Crippen MR) is 81.5 cm³/mol. The zero-order valence-electron chi connectivity index (χ0n) is 10.9. The van der Waals surface area contributed by atoms with E-state index in [1.165, 1.54) is 0 Å². The van der Waals surface area contributed by atoms with Crippen LogP contribution in [0.3, 0.4) is 0 Å². The molecule has 1 aromatic carbocycles. The molecule has 1 aromatic rings. The molecule has 0 saturated carbocycles. The lowest BCUT2D eigenvalue weighted by atomic mass is 10.1. The van der Waals surface area contributed by atoms with E-state index in [-0.39, 0.29) is 4.99 Å². The summed E-state index contributed by atoms with van der Waals surface area (Å²) in [6, 6.07) is 5.55. The Morgan fingerprint density at radius 3 is 2.50 bits per heavy atom. The number of halogens is 1. The normalized spacial score (nSPS) is 11.4. The Hall–Kier alpha value is -0.840. The number of nitrogens with two attached hydrogens (primary N) is 1. The maximum absolute atomic E-state index is 9.88. The van der Waals surface area contributed by atoms with Crippen molar-refractivity contribution in [2.24, 2.45) is 5.73 Å². The summed E-state index contributed by atoms with van der Waals surface area (Å²) in [6.07, 6.45) is 0. The maximum atomic E-state index is 9.88. The minimum absolute atomic E-state index is 0.289. The number of hydrogen-bond donors (Lipinski definition) is 2. The van der Waals surface area contributed by atoms with Crippen LogP contribution >= 0.6 is 23.8 Å². The van der Waals surface area contributed by atoms with E-state index in [9.17, 15) is 5.11 Å². The van der Waals surface area contributed by atoms with Crippen molar-refractivity contribution in [3.63, 3.8) is 0 Å². The lowest BCUT2D eigenvalue weighted by molar-refractivity contribution is 0.0876. The zero-order valence-corrected chi connectivity index (χ0v) is 12.5. The highest BCUT2D eigenvalue weighted by Gasteiger charge is 2.18. The molecular formula is C13H19ClN2OS. The van der Waals surface area contributed by atoms with Gasteiger partial charge in [-0.25, -0.2) is 0 Å². The molecule has 0 aliphatic carbocycles. The van der Waals surface area contributed by atoms with Gasteiger partial charge in [-0.1, -0.05) is 23.8 Å². The molecule has 0 aromatic heterocycles. The number of nitrogens with zero attached hydrogens (tertiary/aromatic N) is 1. The molecule has 100 valence electrons. The van der Waals surface area contributed by atoms with Gasteiger partial charge >= 0.3 is 0 Å². The van der Waals surface area contributed by atoms with Gasteiger partial charge in [-0.2, -0.15) is 0 Å². The molecule has 1 rings (SSSR count). The topological polar surface area (TPSA) is 49.5 Å². The Labute approximate surface area is 119 Å². The van der Waals surface area contributed by atoms with Gasteiger partial charge in [0.15, 0.2) is 0 Å². The SMILES string of the molecule is CCN(CC(C)(C)O)c1ccc(C(N)=S)c(Cl)c1. The summed E-state index contributed by atoms with van der Waals surface area (Å²) >= 11 is 11.1. The number of rotatable bonds is 5. The molecule has 18 heavy (non-hydrogen) atoms. The molecule has 0 fully saturated rings. The molecule has 0 unspecified atom stereocenters. The molecule has 3 N–H and O–H groups in total. The molecule has 3 nitrogen and oxygen atoms in total. The first-order valence-corrected chi connectivity index (χ1v) is 6.60. The Bertz CT molecular complexity index is 443. The zero-order chi connectivity index (χ0) is 13.9. The first-order valence-electron chi connectivity index (χ1n) is 5.81. The first-order chi connectivity index (χ1) is 8.24. The van der Waals surface area contributed by atoms with Crippen LogP contribution in [0.15, 0.2) is 18.2 Å². The van der Waals surface area contributed by atoms with Gasteiger partial charge in [0.25, 0.3) is 0 Å². The van der Waals surface area contributed by atoms with E-state index in [0.717, 1.165) is 12.2 Å². The van der Waals surface area contributed by atoms with E-state index >= 15 is 0 Å². The average Bonchev–Trinajstić information content (AvgIpc) is 2.24. The van der Waals surface area contributed by atoms with Crippen molar-refractivity contribution in [2.45, 2.75) is 26.4 Å². The molecule has 0 aliphatic rings. The standard InChI is InChI=1S/C13H19ClN2OS/c1-4-16(8-13(2,3)17)9-5-6-10(12(15)18)11(14)7-9/h5-7,17H,4,8H2,1-3H3,(H2,15,18). The molecule has 0 amide bonds. The second-order valence-corrected chi connectivity index (χ2v) is 5.70. The van der Waals surface area contributed by atoms with Crippen molar-refractivity contribution in [1.29, 1.82) is 0 Å². The number of hydrogen-bond acceptors (Lipinski definition) is 3. The van der Waals surface area contributed by atoms with E-state index in [0.29, 0.717) is 17.1 Å². The summed E-state index contributed by atoms with van der Waals surface area (Å²) in [7, 11) is 0. The molecule has 0 spiro atoms. The lowest BCUT2D eigenvalue weighted by Crippen LogP contribution is -2.38. The molecule has 0 saturated heterocycles. The summed E-state index contributed by atoms with van der Waals surface area (Å²) in [5.41, 5.74) is 6.43. The first kappa shape index (κ1) is 15.2. The van der Waals surface area contributed by atoms with Gasteiger partial charge in [-0.3, -0.25) is 0 Å². The van der Waals surface area contributed by atoms with Crippen LogP contribution in [-0.2, 0) is 0 Å². The number of thiocarbonyl (C=S) groups is 1. The van der Waals surface area contributed by atoms with Crippen LogP contribution in [0.1, 0.15) is 26.3 Å². The van der Waals surface area contributed by atoms with Crippen molar-refractivity contribution in [2.75, 3.05) is 18.0 Å². The van der Waals surface area contributed by atoms with E-state index in [2.05, 4.69) is 4.90 Å². The van der Waals surface area contributed by atoms with Crippen LogP contribution in [0.4, 0.5) is 5.69 Å². The smallest absolute Gasteiger partial charge is 0.105 e. The fraction of sp³-hybridized carbons (Fsp3) is 0.462. The van der Waals surface area contributed by atoms with Crippen LogP contribution < -0.4 is 10.6 Å². The van der Waals surface area contributed by atoms with Crippen molar-refractivity contribution < 1.29 is 5.11 Å². The van der Waals surface area contributed by atoms with Gasteiger partial charge in [0.05, 0.1) is 10.6 Å². The van der Waals surface area contributed by atoms with Crippen LogP contribution in [0.25, 0.3) is 0 Å². The maximum Gasteiger partial charge on any atom is 0.105 e. The van der Waals surface area contributed by atoms with Crippen LogP contribution in [0, 0.1) is 0 Å². The molecule has 0 heterocycles. The third kappa shape index (κ3) is 4.12. The lowest BCUT2D eigenvalue weighted by Gasteiger charge is -2.30. The van der Waals surface area contributed by atoms with Gasteiger partial charge in [0.1, 0.15) is 4.99 Å². The Balaban J connectivity index is 3.01.